The molecule has 2 unspecified atom stereocenters. The summed E-state index contributed by atoms with van der Waals surface area (Å²) in [5.41, 5.74) is 2.29. The number of esters is 1. The lowest BCUT2D eigenvalue weighted by atomic mass is 9.91. The van der Waals surface area contributed by atoms with Crippen molar-refractivity contribution >= 4 is 14.3 Å². The van der Waals surface area contributed by atoms with Gasteiger partial charge in [0.1, 0.15) is 18.0 Å². The van der Waals surface area contributed by atoms with Gasteiger partial charge < -0.3 is 28.1 Å². The van der Waals surface area contributed by atoms with Crippen LogP contribution in [0.4, 0.5) is 0 Å². The molecule has 1 saturated heterocycles. The third-order valence-electron chi connectivity index (χ3n) is 9.67. The molecule has 1 aliphatic rings. The minimum absolute atomic E-state index is 0.0287. The van der Waals surface area contributed by atoms with Crippen LogP contribution >= 0.6 is 0 Å². The second kappa shape index (κ2) is 17.6. The Bertz CT molecular complexity index is 1350. The van der Waals surface area contributed by atoms with Crippen molar-refractivity contribution in [3.8, 4) is 5.75 Å². The van der Waals surface area contributed by atoms with E-state index in [2.05, 4.69) is 53.9 Å². The highest BCUT2D eigenvalue weighted by Crippen LogP contribution is 2.43. The third-order valence-corrected chi connectivity index (χ3v) is 14.2. The van der Waals surface area contributed by atoms with Gasteiger partial charge in [-0.1, -0.05) is 88.4 Å². The fourth-order valence-corrected chi connectivity index (χ4v) is 6.83. The molecule has 2 aromatic rings. The summed E-state index contributed by atoms with van der Waals surface area (Å²) in [4.78, 5) is 13.7. The van der Waals surface area contributed by atoms with Crippen LogP contribution < -0.4 is 4.74 Å². The van der Waals surface area contributed by atoms with Crippen LogP contribution in [0.2, 0.25) is 18.1 Å². The number of rotatable bonds is 18. The van der Waals surface area contributed by atoms with E-state index < -0.39 is 26.3 Å². The van der Waals surface area contributed by atoms with Crippen molar-refractivity contribution in [3.63, 3.8) is 0 Å². The molecule has 3 rings (SSSR count). The first-order valence-electron chi connectivity index (χ1n) is 17.0. The highest BCUT2D eigenvalue weighted by atomic mass is 28.4. The van der Waals surface area contributed by atoms with E-state index in [0.717, 1.165) is 22.4 Å². The molecule has 0 aromatic heterocycles. The number of hydrogen-bond donors (Lipinski definition) is 0. The molecule has 2 aromatic carbocycles. The molecule has 0 amide bonds. The largest absolute Gasteiger partial charge is 0.497 e. The topological polar surface area (TPSA) is 72.5 Å². The van der Waals surface area contributed by atoms with Gasteiger partial charge in [0.25, 0.3) is 0 Å². The molecule has 264 valence electrons. The first-order valence-corrected chi connectivity index (χ1v) is 19.9. The fraction of sp³-hybridized carbons (Fsp3) is 0.525. The number of methoxy groups -OCH3 is 1. The standard InChI is InChI=1S/C40H58O7Si/c1-12-29(3)37(30(4)24-26-43-28-31-19-21-33(42-9)22-20-31)45-36(41)27-34(47-48(10,11)39(5,6)7)23-25-40(8)35(13-2)44-38(46-40)32-17-15-14-16-18-32/h12-22,24,29,34-35,37-38H,1-2,23,25-28H2,3-11H3/t29-,34?,35-,37?,38-,40+/m0/s1. The van der Waals surface area contributed by atoms with Gasteiger partial charge in [-0.3, -0.25) is 4.79 Å². The Morgan fingerprint density at radius 2 is 1.75 bits per heavy atom. The van der Waals surface area contributed by atoms with Gasteiger partial charge in [-0.25, -0.2) is 0 Å². The summed E-state index contributed by atoms with van der Waals surface area (Å²) in [6.45, 7) is 25.9. The Labute approximate surface area is 290 Å². The second-order valence-electron chi connectivity index (χ2n) is 14.5. The van der Waals surface area contributed by atoms with E-state index in [-0.39, 0.29) is 35.6 Å². The van der Waals surface area contributed by atoms with Gasteiger partial charge in [-0.2, -0.15) is 0 Å². The molecule has 0 saturated carbocycles. The molecule has 0 bridgehead atoms. The minimum Gasteiger partial charge on any atom is -0.497 e. The van der Waals surface area contributed by atoms with E-state index in [1.165, 1.54) is 0 Å². The number of carbonyl (C=O) groups is 1. The average Bonchev–Trinajstić information content (AvgIpc) is 3.40. The lowest BCUT2D eigenvalue weighted by Gasteiger charge is -2.40. The van der Waals surface area contributed by atoms with E-state index >= 15 is 0 Å². The highest BCUT2D eigenvalue weighted by Gasteiger charge is 2.46. The number of carbonyl (C=O) groups excluding carboxylic acids is 1. The smallest absolute Gasteiger partial charge is 0.308 e. The van der Waals surface area contributed by atoms with Gasteiger partial charge >= 0.3 is 5.97 Å². The second-order valence-corrected chi connectivity index (χ2v) is 19.3. The normalized spacial score (nSPS) is 22.1. The Morgan fingerprint density at radius 3 is 2.33 bits per heavy atom. The summed E-state index contributed by atoms with van der Waals surface area (Å²) in [5.74, 6) is 0.417. The summed E-state index contributed by atoms with van der Waals surface area (Å²) in [5, 5.41) is -0.0287. The van der Waals surface area contributed by atoms with Gasteiger partial charge in [0.15, 0.2) is 14.6 Å². The summed E-state index contributed by atoms with van der Waals surface area (Å²) < 4.78 is 37.0. The van der Waals surface area contributed by atoms with Crippen LogP contribution in [0.25, 0.3) is 0 Å². The molecular weight excluding hydrogens is 621 g/mol. The number of ether oxygens (including phenoxy) is 5. The zero-order valence-corrected chi connectivity index (χ0v) is 31.6. The van der Waals surface area contributed by atoms with Crippen molar-refractivity contribution < 1.29 is 32.9 Å². The lowest BCUT2D eigenvalue weighted by Crippen LogP contribution is -2.45. The van der Waals surface area contributed by atoms with E-state index in [1.54, 1.807) is 13.2 Å². The monoisotopic (exact) mass is 678 g/mol. The maximum absolute atomic E-state index is 13.7. The van der Waals surface area contributed by atoms with Crippen molar-refractivity contribution in [1.82, 2.24) is 0 Å². The molecular formula is C40H58O7Si. The van der Waals surface area contributed by atoms with Gasteiger partial charge in [0, 0.05) is 11.5 Å². The van der Waals surface area contributed by atoms with Crippen LogP contribution in [0.1, 0.15) is 78.2 Å². The van der Waals surface area contributed by atoms with Crippen LogP contribution in [0.5, 0.6) is 5.75 Å². The summed E-state index contributed by atoms with van der Waals surface area (Å²) in [6.07, 6.45) is 5.34. The SMILES string of the molecule is C=C[C@@H]1O[C@H](c2ccccc2)O[C@]1(C)CCC(CC(=O)OC(C(C)=CCOCc1ccc(OC)cc1)[C@@H](C)C=C)O[Si](C)(C)C(C)(C)C. The average molecular weight is 679 g/mol. The van der Waals surface area contributed by atoms with E-state index in [0.29, 0.717) is 26.1 Å². The molecule has 0 spiro atoms. The third kappa shape index (κ3) is 11.0. The molecule has 1 heterocycles. The van der Waals surface area contributed by atoms with Crippen molar-refractivity contribution in [2.75, 3.05) is 13.7 Å². The van der Waals surface area contributed by atoms with Crippen molar-refractivity contribution in [2.24, 2.45) is 5.92 Å². The molecule has 7 nitrogen and oxygen atoms in total. The molecule has 48 heavy (non-hydrogen) atoms. The van der Waals surface area contributed by atoms with Gasteiger partial charge in [0.05, 0.1) is 38.4 Å². The van der Waals surface area contributed by atoms with E-state index in [1.807, 2.05) is 80.6 Å². The molecule has 8 heteroatoms. The van der Waals surface area contributed by atoms with Crippen LogP contribution in [0, 0.1) is 5.92 Å². The highest BCUT2D eigenvalue weighted by molar-refractivity contribution is 6.74. The van der Waals surface area contributed by atoms with Crippen molar-refractivity contribution in [3.05, 3.63) is 103 Å². The van der Waals surface area contributed by atoms with Crippen LogP contribution in [0.3, 0.4) is 0 Å². The molecule has 0 aliphatic carbocycles. The fourth-order valence-electron chi connectivity index (χ4n) is 5.44. The Hall–Kier alpha value is -3.01. The van der Waals surface area contributed by atoms with Gasteiger partial charge in [-0.15, -0.1) is 13.2 Å². The Balaban J connectivity index is 1.70. The maximum Gasteiger partial charge on any atom is 0.308 e. The van der Waals surface area contributed by atoms with Gasteiger partial charge in [-0.05, 0) is 68.1 Å². The van der Waals surface area contributed by atoms with Crippen LogP contribution in [0.15, 0.2) is 91.6 Å². The predicted molar refractivity (Wildman–Crippen MR) is 195 cm³/mol. The summed E-state index contributed by atoms with van der Waals surface area (Å²) in [7, 11) is -0.577. The summed E-state index contributed by atoms with van der Waals surface area (Å²) >= 11 is 0. The quantitative estimate of drug-likeness (QED) is 0.0673. The molecule has 0 N–H and O–H groups in total. The molecule has 6 atom stereocenters. The lowest BCUT2D eigenvalue weighted by molar-refractivity contribution is -0.151. The zero-order valence-electron chi connectivity index (χ0n) is 30.6. The Kier molecular flexibility index (Phi) is 14.4. The molecule has 1 aliphatic heterocycles. The Morgan fingerprint density at radius 1 is 1.08 bits per heavy atom. The van der Waals surface area contributed by atoms with E-state index in [9.17, 15) is 4.79 Å². The van der Waals surface area contributed by atoms with E-state index in [4.69, 9.17) is 28.1 Å². The molecule has 0 radical (unpaired) electrons. The first kappa shape index (κ1) is 39.4. The van der Waals surface area contributed by atoms with Crippen LogP contribution in [-0.4, -0.2) is 51.9 Å². The van der Waals surface area contributed by atoms with Crippen molar-refractivity contribution in [2.45, 2.75) is 116 Å². The minimum atomic E-state index is -2.22. The van der Waals surface area contributed by atoms with Crippen molar-refractivity contribution in [1.29, 1.82) is 0 Å². The van der Waals surface area contributed by atoms with Gasteiger partial charge in [0.2, 0.25) is 0 Å². The maximum atomic E-state index is 13.7. The predicted octanol–water partition coefficient (Wildman–Crippen LogP) is 9.51. The van der Waals surface area contributed by atoms with Crippen LogP contribution in [-0.2, 0) is 34.8 Å². The number of benzene rings is 2. The zero-order chi connectivity index (χ0) is 35.5. The summed E-state index contributed by atoms with van der Waals surface area (Å²) in [6, 6.07) is 17.7. The first-order chi connectivity index (χ1) is 22.6. The molecule has 1 fully saturated rings. The number of hydrogen-bond acceptors (Lipinski definition) is 7.